The first kappa shape index (κ1) is 24.0. The second kappa shape index (κ2) is 10.4. The lowest BCUT2D eigenvalue weighted by Crippen LogP contribution is -2.53. The number of nitrogens with zero attached hydrogens (tertiary/aromatic N) is 2. The maximum Gasteiger partial charge on any atom is 0.242 e. The third-order valence-electron chi connectivity index (χ3n) is 7.12. The first-order chi connectivity index (χ1) is 15.8. The molecule has 3 aliphatic heterocycles. The van der Waals surface area contributed by atoms with Crippen molar-refractivity contribution < 1.29 is 27.5 Å². The predicted octanol–water partition coefficient (Wildman–Crippen LogP) is 1.19. The van der Waals surface area contributed by atoms with E-state index in [0.717, 1.165) is 18.9 Å². The molecule has 10 heteroatoms. The zero-order valence-electron chi connectivity index (χ0n) is 18.6. The van der Waals surface area contributed by atoms with Crippen LogP contribution in [-0.4, -0.2) is 79.1 Å². The Morgan fingerprint density at radius 1 is 1.06 bits per heavy atom. The maximum atomic E-state index is 14.0. The van der Waals surface area contributed by atoms with Crippen molar-refractivity contribution in [3.63, 3.8) is 0 Å². The van der Waals surface area contributed by atoms with Crippen molar-refractivity contribution in [2.75, 3.05) is 39.4 Å². The van der Waals surface area contributed by atoms with Gasteiger partial charge in [0.25, 0.3) is 0 Å². The van der Waals surface area contributed by atoms with E-state index in [4.69, 9.17) is 10.5 Å². The zero-order valence-corrected chi connectivity index (χ0v) is 18.6. The van der Waals surface area contributed by atoms with Crippen LogP contribution in [-0.2, 0) is 20.7 Å². The smallest absolute Gasteiger partial charge is 0.242 e. The number of halogens is 3. The van der Waals surface area contributed by atoms with Crippen molar-refractivity contribution in [2.45, 2.75) is 50.2 Å². The largest absolute Gasteiger partial charge is 0.379 e. The van der Waals surface area contributed by atoms with E-state index in [1.165, 1.54) is 0 Å². The molecule has 0 saturated carbocycles. The van der Waals surface area contributed by atoms with E-state index in [1.807, 2.05) is 9.80 Å². The fraction of sp³-hybridized carbons (Fsp3) is 0.652. The minimum absolute atomic E-state index is 0.0262. The molecule has 2 bridgehead atoms. The SMILES string of the molecule is N[C@H](Cc1cc(F)c(F)cc1F)C1C[C@H]2CC[C@@H](C1)N2C(=O)CNC(=O)CN1CCOCC1. The number of ether oxygens (including phenoxy) is 1. The summed E-state index contributed by atoms with van der Waals surface area (Å²) < 4.78 is 46.0. The quantitative estimate of drug-likeness (QED) is 0.587. The Morgan fingerprint density at radius 2 is 1.70 bits per heavy atom. The second-order valence-corrected chi connectivity index (χ2v) is 9.31. The number of nitrogens with one attached hydrogen (secondary N) is 1. The summed E-state index contributed by atoms with van der Waals surface area (Å²) in [5.41, 5.74) is 6.41. The summed E-state index contributed by atoms with van der Waals surface area (Å²) in [4.78, 5) is 28.9. The van der Waals surface area contributed by atoms with Gasteiger partial charge in [0.1, 0.15) is 5.82 Å². The van der Waals surface area contributed by atoms with E-state index in [2.05, 4.69) is 5.32 Å². The number of carbonyl (C=O) groups is 2. The van der Waals surface area contributed by atoms with Gasteiger partial charge in [-0.2, -0.15) is 0 Å². The van der Waals surface area contributed by atoms with Gasteiger partial charge in [-0.1, -0.05) is 0 Å². The van der Waals surface area contributed by atoms with Gasteiger partial charge >= 0.3 is 0 Å². The molecule has 4 rings (SSSR count). The van der Waals surface area contributed by atoms with E-state index in [0.29, 0.717) is 45.2 Å². The number of nitrogens with two attached hydrogens (primary N) is 1. The van der Waals surface area contributed by atoms with Gasteiger partial charge in [-0.25, -0.2) is 13.2 Å². The average molecular weight is 469 g/mol. The van der Waals surface area contributed by atoms with E-state index in [1.54, 1.807) is 0 Å². The van der Waals surface area contributed by atoms with Crippen LogP contribution >= 0.6 is 0 Å². The first-order valence-electron chi connectivity index (χ1n) is 11.6. The Balaban J connectivity index is 1.28. The summed E-state index contributed by atoms with van der Waals surface area (Å²) in [6, 6.07) is 1.06. The molecule has 3 fully saturated rings. The number of hydrogen-bond donors (Lipinski definition) is 2. The lowest BCUT2D eigenvalue weighted by atomic mass is 9.82. The molecule has 0 aliphatic carbocycles. The Morgan fingerprint density at radius 3 is 2.36 bits per heavy atom. The van der Waals surface area contributed by atoms with Crippen molar-refractivity contribution in [2.24, 2.45) is 11.7 Å². The van der Waals surface area contributed by atoms with E-state index in [-0.39, 0.29) is 54.9 Å². The number of fused-ring (bicyclic) bond motifs is 2. The number of rotatable bonds is 7. The lowest BCUT2D eigenvalue weighted by Gasteiger charge is -2.41. The Labute approximate surface area is 191 Å². The summed E-state index contributed by atoms with van der Waals surface area (Å²) in [6.45, 7) is 2.83. The Bertz CT molecular complexity index is 867. The van der Waals surface area contributed by atoms with Crippen LogP contribution < -0.4 is 11.1 Å². The van der Waals surface area contributed by atoms with Gasteiger partial charge in [0.05, 0.1) is 26.3 Å². The van der Waals surface area contributed by atoms with Gasteiger partial charge in [0, 0.05) is 37.3 Å². The molecule has 3 N–H and O–H groups in total. The fourth-order valence-corrected chi connectivity index (χ4v) is 5.40. The minimum atomic E-state index is -1.22. The Kier molecular flexibility index (Phi) is 7.55. The van der Waals surface area contributed by atoms with Crippen molar-refractivity contribution in [1.82, 2.24) is 15.1 Å². The van der Waals surface area contributed by atoms with Gasteiger partial charge in [0.15, 0.2) is 11.6 Å². The minimum Gasteiger partial charge on any atom is -0.379 e. The molecule has 4 atom stereocenters. The highest BCUT2D eigenvalue weighted by Crippen LogP contribution is 2.40. The van der Waals surface area contributed by atoms with Gasteiger partial charge in [-0.15, -0.1) is 0 Å². The summed E-state index contributed by atoms with van der Waals surface area (Å²) in [5, 5.41) is 2.73. The monoisotopic (exact) mass is 468 g/mol. The number of amides is 2. The molecule has 7 nitrogen and oxygen atoms in total. The molecular weight excluding hydrogens is 437 g/mol. The van der Waals surface area contributed by atoms with Crippen LogP contribution in [0.2, 0.25) is 0 Å². The van der Waals surface area contributed by atoms with E-state index in [9.17, 15) is 22.8 Å². The number of morpholine rings is 1. The predicted molar refractivity (Wildman–Crippen MR) is 115 cm³/mol. The van der Waals surface area contributed by atoms with Crippen molar-refractivity contribution >= 4 is 11.8 Å². The van der Waals surface area contributed by atoms with Gasteiger partial charge in [0.2, 0.25) is 11.8 Å². The summed E-state index contributed by atoms with van der Waals surface area (Å²) in [7, 11) is 0. The van der Waals surface area contributed by atoms with Gasteiger partial charge in [-0.05, 0) is 49.7 Å². The standard InChI is InChI=1S/C23H31F3N4O3/c24-18-11-20(26)19(25)9-14(18)10-21(27)15-7-16-1-2-17(8-15)30(16)23(32)12-28-22(31)13-29-3-5-33-6-4-29/h9,11,15-17,21H,1-8,10,12-13,27H2,(H,28,31)/t15?,16-,17+,21-/m1/s1. The summed E-state index contributed by atoms with van der Waals surface area (Å²) in [6.07, 6.45) is 3.19. The van der Waals surface area contributed by atoms with Crippen LogP contribution in [0, 0.1) is 23.4 Å². The lowest BCUT2D eigenvalue weighted by molar-refractivity contribution is -0.137. The molecule has 33 heavy (non-hydrogen) atoms. The van der Waals surface area contributed by atoms with E-state index < -0.39 is 23.5 Å². The fourth-order valence-electron chi connectivity index (χ4n) is 5.40. The molecule has 2 amide bonds. The van der Waals surface area contributed by atoms with Crippen LogP contribution in [0.25, 0.3) is 0 Å². The molecule has 3 aliphatic rings. The Hall–Kier alpha value is -2.17. The molecule has 0 radical (unpaired) electrons. The first-order valence-corrected chi connectivity index (χ1v) is 11.6. The van der Waals surface area contributed by atoms with Gasteiger partial charge < -0.3 is 20.7 Å². The normalized spacial score (nSPS) is 26.3. The van der Waals surface area contributed by atoms with Crippen molar-refractivity contribution in [1.29, 1.82) is 0 Å². The third-order valence-corrected chi connectivity index (χ3v) is 7.12. The maximum absolute atomic E-state index is 14.0. The molecule has 3 heterocycles. The highest BCUT2D eigenvalue weighted by molar-refractivity contribution is 5.86. The molecule has 1 aromatic carbocycles. The van der Waals surface area contributed by atoms with Gasteiger partial charge in [-0.3, -0.25) is 14.5 Å². The molecule has 1 unspecified atom stereocenters. The zero-order chi connectivity index (χ0) is 23.5. The van der Waals surface area contributed by atoms with Crippen LogP contribution in [0.5, 0.6) is 0 Å². The molecule has 1 aromatic rings. The van der Waals surface area contributed by atoms with E-state index >= 15 is 0 Å². The molecule has 0 spiro atoms. The molecular formula is C23H31F3N4O3. The summed E-state index contributed by atoms with van der Waals surface area (Å²) in [5.74, 6) is -3.33. The topological polar surface area (TPSA) is 87.9 Å². The highest BCUT2D eigenvalue weighted by atomic mass is 19.2. The molecule has 0 aromatic heterocycles. The average Bonchev–Trinajstić information content (AvgIpc) is 3.05. The number of piperidine rings is 1. The summed E-state index contributed by atoms with van der Waals surface area (Å²) >= 11 is 0. The van der Waals surface area contributed by atoms with Crippen LogP contribution in [0.1, 0.15) is 31.2 Å². The second-order valence-electron chi connectivity index (χ2n) is 9.31. The van der Waals surface area contributed by atoms with Crippen molar-refractivity contribution in [3.8, 4) is 0 Å². The third kappa shape index (κ3) is 5.67. The number of benzene rings is 1. The number of carbonyl (C=O) groups excluding carboxylic acids is 2. The number of hydrogen-bond acceptors (Lipinski definition) is 5. The van der Waals surface area contributed by atoms with Crippen LogP contribution in [0.15, 0.2) is 12.1 Å². The molecule has 3 saturated heterocycles. The van der Waals surface area contributed by atoms with Crippen LogP contribution in [0.4, 0.5) is 13.2 Å². The highest BCUT2D eigenvalue weighted by Gasteiger charge is 2.44. The van der Waals surface area contributed by atoms with Crippen LogP contribution in [0.3, 0.4) is 0 Å². The molecule has 182 valence electrons. The van der Waals surface area contributed by atoms with Crippen molar-refractivity contribution in [3.05, 3.63) is 35.1 Å².